The van der Waals surface area contributed by atoms with Gasteiger partial charge in [0, 0.05) is 6.54 Å². The van der Waals surface area contributed by atoms with E-state index < -0.39 is 16.0 Å². The largest absolute Gasteiger partial charge is 0.478 e. The van der Waals surface area contributed by atoms with Crippen LogP contribution < -0.4 is 0 Å². The Morgan fingerprint density at radius 1 is 1.15 bits per heavy atom. The summed E-state index contributed by atoms with van der Waals surface area (Å²) in [6, 6.07) is 12.3. The van der Waals surface area contributed by atoms with Gasteiger partial charge >= 0.3 is 5.97 Å². The van der Waals surface area contributed by atoms with Gasteiger partial charge in [0.2, 0.25) is 10.0 Å². The molecular formula is C20H21NO4S. The molecule has 26 heavy (non-hydrogen) atoms. The van der Waals surface area contributed by atoms with Gasteiger partial charge in [-0.25, -0.2) is 13.2 Å². The van der Waals surface area contributed by atoms with Crippen molar-refractivity contribution in [2.75, 3.05) is 6.54 Å². The second kappa shape index (κ2) is 6.21. The molecular weight excluding hydrogens is 350 g/mol. The average molecular weight is 371 g/mol. The van der Waals surface area contributed by atoms with Crippen LogP contribution in [0.1, 0.15) is 58.8 Å². The molecule has 0 radical (unpaired) electrons. The van der Waals surface area contributed by atoms with E-state index in [0.717, 1.165) is 18.4 Å². The van der Waals surface area contributed by atoms with Crippen LogP contribution in [0.3, 0.4) is 0 Å². The third kappa shape index (κ3) is 2.56. The van der Waals surface area contributed by atoms with E-state index in [4.69, 9.17) is 0 Å². The van der Waals surface area contributed by atoms with Gasteiger partial charge in [0.05, 0.1) is 16.5 Å². The van der Waals surface area contributed by atoms with E-state index in [1.807, 2.05) is 25.1 Å². The molecule has 0 saturated carbocycles. The van der Waals surface area contributed by atoms with E-state index in [1.54, 1.807) is 10.4 Å². The zero-order valence-corrected chi connectivity index (χ0v) is 15.4. The van der Waals surface area contributed by atoms with Crippen LogP contribution in [0, 0.1) is 0 Å². The molecule has 2 heterocycles. The van der Waals surface area contributed by atoms with Crippen LogP contribution in [0.15, 0.2) is 47.4 Å². The smallest absolute Gasteiger partial charge is 0.336 e. The first-order valence-electron chi connectivity index (χ1n) is 8.90. The van der Waals surface area contributed by atoms with Crippen LogP contribution in [0.4, 0.5) is 0 Å². The molecule has 136 valence electrons. The minimum atomic E-state index is -3.75. The Morgan fingerprint density at radius 2 is 1.88 bits per heavy atom. The molecule has 0 unspecified atom stereocenters. The number of carboxylic acids is 1. The first-order chi connectivity index (χ1) is 12.4. The van der Waals surface area contributed by atoms with Crippen molar-refractivity contribution >= 4 is 16.0 Å². The van der Waals surface area contributed by atoms with Crippen LogP contribution in [0.2, 0.25) is 0 Å². The quantitative estimate of drug-likeness (QED) is 0.892. The third-order valence-corrected chi connectivity index (χ3v) is 7.50. The van der Waals surface area contributed by atoms with Crippen LogP contribution in [0.25, 0.3) is 0 Å². The number of hydrogen-bond acceptors (Lipinski definition) is 3. The highest BCUT2D eigenvalue weighted by molar-refractivity contribution is 7.89. The van der Waals surface area contributed by atoms with Crippen molar-refractivity contribution in [2.45, 2.75) is 43.0 Å². The molecule has 1 fully saturated rings. The minimum Gasteiger partial charge on any atom is -0.478 e. The molecule has 1 N–H and O–H groups in total. The average Bonchev–Trinajstić information content (AvgIpc) is 2.68. The Morgan fingerprint density at radius 3 is 2.58 bits per heavy atom. The number of benzene rings is 2. The highest BCUT2D eigenvalue weighted by atomic mass is 32.2. The number of carbonyl (C=O) groups is 1. The summed E-state index contributed by atoms with van der Waals surface area (Å²) in [5.41, 5.74) is 3.04. The molecule has 5 rings (SSSR count). The van der Waals surface area contributed by atoms with E-state index in [9.17, 15) is 18.3 Å². The van der Waals surface area contributed by atoms with Crippen LogP contribution in [0.5, 0.6) is 0 Å². The summed E-state index contributed by atoms with van der Waals surface area (Å²) in [4.78, 5) is 11.6. The second-order valence-corrected chi connectivity index (χ2v) is 8.86. The Labute approximate surface area is 153 Å². The molecule has 2 aromatic rings. The van der Waals surface area contributed by atoms with Gasteiger partial charge in [-0.15, -0.1) is 0 Å². The molecule has 1 aliphatic carbocycles. The van der Waals surface area contributed by atoms with Gasteiger partial charge in [-0.3, -0.25) is 0 Å². The molecule has 0 aromatic heterocycles. The number of sulfonamides is 1. The van der Waals surface area contributed by atoms with Gasteiger partial charge < -0.3 is 5.11 Å². The number of aryl methyl sites for hydroxylation is 1. The third-order valence-electron chi connectivity index (χ3n) is 5.63. The number of piperidine rings is 1. The van der Waals surface area contributed by atoms with E-state index in [2.05, 4.69) is 6.07 Å². The van der Waals surface area contributed by atoms with Gasteiger partial charge in [0.25, 0.3) is 0 Å². The lowest BCUT2D eigenvalue weighted by Gasteiger charge is -2.45. The standard InChI is InChI=1S/C20H21NO4S/c1-2-13-7-9-15(11-18(13)20(22)23)26(24,25)21-12-14-8-10-19(21)17-6-4-3-5-16(14)17/h3-7,9,11,14,19H,2,8,10,12H2,1H3,(H,22,23)/t14-,19+/m1/s1. The van der Waals surface area contributed by atoms with E-state index >= 15 is 0 Å². The molecule has 2 bridgehead atoms. The summed E-state index contributed by atoms with van der Waals surface area (Å²) < 4.78 is 28.2. The topological polar surface area (TPSA) is 74.7 Å². The highest BCUT2D eigenvalue weighted by Gasteiger charge is 2.43. The number of hydrogen-bond donors (Lipinski definition) is 1. The van der Waals surface area contributed by atoms with Gasteiger partial charge in [-0.1, -0.05) is 37.3 Å². The number of fused-ring (bicyclic) bond motifs is 2. The number of nitrogens with zero attached hydrogens (tertiary/aromatic N) is 1. The Kier molecular flexibility index (Phi) is 4.12. The summed E-state index contributed by atoms with van der Waals surface area (Å²) >= 11 is 0. The zero-order chi connectivity index (χ0) is 18.5. The monoisotopic (exact) mass is 371 g/mol. The summed E-state index contributed by atoms with van der Waals surface area (Å²) in [6.07, 6.45) is 2.34. The molecule has 2 atom stereocenters. The number of rotatable bonds is 4. The van der Waals surface area contributed by atoms with E-state index in [1.165, 1.54) is 17.7 Å². The maximum Gasteiger partial charge on any atom is 0.336 e. The molecule has 1 saturated heterocycles. The molecule has 2 aliphatic heterocycles. The second-order valence-electron chi connectivity index (χ2n) is 6.97. The predicted octanol–water partition coefficient (Wildman–Crippen LogP) is 3.57. The molecule has 0 amide bonds. The molecule has 2 aromatic carbocycles. The van der Waals surface area contributed by atoms with Gasteiger partial charge in [0.1, 0.15) is 0 Å². The lowest BCUT2D eigenvalue weighted by Crippen LogP contribution is -2.45. The minimum absolute atomic E-state index is 0.0659. The first kappa shape index (κ1) is 17.2. The lowest BCUT2D eigenvalue weighted by atomic mass is 9.76. The maximum absolute atomic E-state index is 13.3. The fourth-order valence-corrected chi connectivity index (χ4v) is 6.02. The van der Waals surface area contributed by atoms with Crippen molar-refractivity contribution in [3.8, 4) is 0 Å². The van der Waals surface area contributed by atoms with Crippen molar-refractivity contribution in [1.29, 1.82) is 0 Å². The van der Waals surface area contributed by atoms with Crippen molar-refractivity contribution in [2.24, 2.45) is 0 Å². The van der Waals surface area contributed by atoms with Gasteiger partial charge in [-0.2, -0.15) is 4.31 Å². The SMILES string of the molecule is CCc1ccc(S(=O)(=O)N2C[C@H]3CC[C@H]2c2ccccc23)cc1C(=O)O. The molecule has 3 aliphatic rings. The fraction of sp³-hybridized carbons (Fsp3) is 0.350. The fourth-order valence-electron chi connectivity index (χ4n) is 4.31. The van der Waals surface area contributed by atoms with Gasteiger partial charge in [0.15, 0.2) is 0 Å². The van der Waals surface area contributed by atoms with Crippen LogP contribution in [-0.2, 0) is 16.4 Å². The van der Waals surface area contributed by atoms with Crippen molar-refractivity contribution in [3.05, 3.63) is 64.7 Å². The van der Waals surface area contributed by atoms with E-state index in [0.29, 0.717) is 18.5 Å². The van der Waals surface area contributed by atoms with Crippen LogP contribution in [-0.4, -0.2) is 30.3 Å². The summed E-state index contributed by atoms with van der Waals surface area (Å²) in [7, 11) is -3.75. The Bertz CT molecular complexity index is 983. The number of carboxylic acid groups (broad SMARTS) is 1. The first-order valence-corrected chi connectivity index (χ1v) is 10.3. The van der Waals surface area contributed by atoms with Crippen molar-refractivity contribution < 1.29 is 18.3 Å². The maximum atomic E-state index is 13.3. The molecule has 5 nitrogen and oxygen atoms in total. The normalized spacial score (nSPS) is 22.2. The number of aromatic carboxylic acids is 1. The summed E-state index contributed by atoms with van der Waals surface area (Å²) in [6.45, 7) is 2.32. The predicted molar refractivity (Wildman–Crippen MR) is 97.8 cm³/mol. The van der Waals surface area contributed by atoms with E-state index in [-0.39, 0.29) is 22.4 Å². The van der Waals surface area contributed by atoms with Crippen LogP contribution >= 0.6 is 0 Å². The van der Waals surface area contributed by atoms with Gasteiger partial charge in [-0.05, 0) is 54.0 Å². The molecule has 0 spiro atoms. The summed E-state index contributed by atoms with van der Waals surface area (Å²) in [5, 5.41) is 9.42. The van der Waals surface area contributed by atoms with Crippen molar-refractivity contribution in [1.82, 2.24) is 4.31 Å². The Hall–Kier alpha value is -2.18. The zero-order valence-electron chi connectivity index (χ0n) is 14.6. The lowest BCUT2D eigenvalue weighted by molar-refractivity contribution is 0.0695. The molecule has 6 heteroatoms. The Balaban J connectivity index is 1.77. The highest BCUT2D eigenvalue weighted by Crippen LogP contribution is 2.48. The summed E-state index contributed by atoms with van der Waals surface area (Å²) in [5.74, 6) is -0.885. The van der Waals surface area contributed by atoms with Crippen molar-refractivity contribution in [3.63, 3.8) is 0 Å².